The van der Waals surface area contributed by atoms with Gasteiger partial charge in [-0.05, 0) is 13.3 Å². The van der Waals surface area contributed by atoms with E-state index >= 15 is 0 Å². The van der Waals surface area contributed by atoms with E-state index in [1.54, 1.807) is 6.92 Å². The average Bonchev–Trinajstić information content (AvgIpc) is 2.05. The minimum Gasteiger partial charge on any atom is -0.481 e. The first-order valence-corrected chi connectivity index (χ1v) is 3.98. The van der Waals surface area contributed by atoms with E-state index in [2.05, 4.69) is 4.74 Å². The molecule has 0 aliphatic rings. The van der Waals surface area contributed by atoms with Gasteiger partial charge in [0.05, 0.1) is 6.61 Å². The number of hydrogen-bond donors (Lipinski definition) is 1. The van der Waals surface area contributed by atoms with Gasteiger partial charge < -0.3 is 9.84 Å². The van der Waals surface area contributed by atoms with Crippen LogP contribution in [0.4, 0.5) is 0 Å². The van der Waals surface area contributed by atoms with Crippen molar-refractivity contribution in [2.24, 2.45) is 5.92 Å². The van der Waals surface area contributed by atoms with Crippen LogP contribution in [0.15, 0.2) is 0 Å². The standard InChI is InChI=1S/C8H12O5/c1-3-5(7(10)11)6(9)8(12)13-4-2/h5H,3-4H2,1-2H3,(H,10,11). The fourth-order valence-corrected chi connectivity index (χ4v) is 0.817. The SMILES string of the molecule is CCOC(=O)C(=O)C(CC)C(=O)O. The summed E-state index contributed by atoms with van der Waals surface area (Å²) in [5.74, 6) is -4.63. The maximum atomic E-state index is 11.1. The smallest absolute Gasteiger partial charge is 0.375 e. The van der Waals surface area contributed by atoms with Crippen LogP contribution >= 0.6 is 0 Å². The molecular formula is C8H12O5. The molecule has 1 N–H and O–H groups in total. The number of carboxylic acid groups (broad SMARTS) is 1. The van der Waals surface area contributed by atoms with E-state index in [1.165, 1.54) is 6.92 Å². The fraction of sp³-hybridized carbons (Fsp3) is 0.625. The van der Waals surface area contributed by atoms with Crippen molar-refractivity contribution in [2.45, 2.75) is 20.3 Å². The average molecular weight is 188 g/mol. The molecule has 0 rings (SSSR count). The molecule has 0 bridgehead atoms. The molecule has 1 atom stereocenters. The van der Waals surface area contributed by atoms with Crippen molar-refractivity contribution in [3.63, 3.8) is 0 Å². The Balaban J connectivity index is 4.37. The Morgan fingerprint density at radius 1 is 1.31 bits per heavy atom. The topological polar surface area (TPSA) is 80.7 Å². The maximum Gasteiger partial charge on any atom is 0.375 e. The third-order valence-corrected chi connectivity index (χ3v) is 1.50. The van der Waals surface area contributed by atoms with Crippen molar-refractivity contribution in [1.82, 2.24) is 0 Å². The number of Topliss-reactive ketones (excluding diaryl/α,β-unsaturated/α-hetero) is 1. The molecule has 0 saturated carbocycles. The van der Waals surface area contributed by atoms with Crippen LogP contribution in [0.25, 0.3) is 0 Å². The molecule has 0 aliphatic carbocycles. The highest BCUT2D eigenvalue weighted by atomic mass is 16.5. The second-order valence-electron chi connectivity index (χ2n) is 2.38. The van der Waals surface area contributed by atoms with Gasteiger partial charge in [-0.2, -0.15) is 0 Å². The van der Waals surface area contributed by atoms with Crippen molar-refractivity contribution < 1.29 is 24.2 Å². The number of carboxylic acids is 1. The van der Waals surface area contributed by atoms with Crippen molar-refractivity contribution in [2.75, 3.05) is 6.61 Å². The first-order valence-electron chi connectivity index (χ1n) is 3.98. The van der Waals surface area contributed by atoms with E-state index < -0.39 is 23.6 Å². The summed E-state index contributed by atoms with van der Waals surface area (Å²) in [5.41, 5.74) is 0. The monoisotopic (exact) mass is 188 g/mol. The van der Waals surface area contributed by atoms with E-state index in [0.29, 0.717) is 0 Å². The van der Waals surface area contributed by atoms with E-state index in [1.807, 2.05) is 0 Å². The van der Waals surface area contributed by atoms with E-state index in [4.69, 9.17) is 5.11 Å². The van der Waals surface area contributed by atoms with Gasteiger partial charge >= 0.3 is 11.9 Å². The van der Waals surface area contributed by atoms with Gasteiger partial charge in [-0.25, -0.2) is 4.79 Å². The lowest BCUT2D eigenvalue weighted by Crippen LogP contribution is -2.31. The van der Waals surface area contributed by atoms with Crippen molar-refractivity contribution in [3.05, 3.63) is 0 Å². The van der Waals surface area contributed by atoms with Gasteiger partial charge in [0.2, 0.25) is 0 Å². The molecule has 13 heavy (non-hydrogen) atoms. The molecule has 0 spiro atoms. The summed E-state index contributed by atoms with van der Waals surface area (Å²) >= 11 is 0. The maximum absolute atomic E-state index is 11.1. The summed E-state index contributed by atoms with van der Waals surface area (Å²) in [6, 6.07) is 0. The summed E-state index contributed by atoms with van der Waals surface area (Å²) < 4.78 is 4.38. The van der Waals surface area contributed by atoms with Gasteiger partial charge in [-0.3, -0.25) is 9.59 Å². The normalized spacial score (nSPS) is 11.8. The number of carbonyl (C=O) groups is 3. The molecule has 0 aliphatic heterocycles. The van der Waals surface area contributed by atoms with Gasteiger partial charge in [0.15, 0.2) is 0 Å². The highest BCUT2D eigenvalue weighted by molar-refractivity contribution is 6.37. The number of ether oxygens (including phenoxy) is 1. The lowest BCUT2D eigenvalue weighted by Gasteiger charge is -2.06. The number of aliphatic carboxylic acids is 1. The number of carbonyl (C=O) groups excluding carboxylic acids is 2. The van der Waals surface area contributed by atoms with Crippen molar-refractivity contribution >= 4 is 17.7 Å². The second-order valence-corrected chi connectivity index (χ2v) is 2.38. The van der Waals surface area contributed by atoms with E-state index in [9.17, 15) is 14.4 Å². The molecule has 0 aromatic carbocycles. The fourth-order valence-electron chi connectivity index (χ4n) is 0.817. The van der Waals surface area contributed by atoms with E-state index in [0.717, 1.165) is 0 Å². The van der Waals surface area contributed by atoms with Gasteiger partial charge in [-0.1, -0.05) is 6.92 Å². The molecule has 0 aromatic rings. The first kappa shape index (κ1) is 11.6. The molecule has 0 saturated heterocycles. The molecule has 0 aromatic heterocycles. The Hall–Kier alpha value is -1.39. The molecule has 1 unspecified atom stereocenters. The Kier molecular flexibility index (Phi) is 4.72. The Labute approximate surface area is 75.7 Å². The van der Waals surface area contributed by atoms with Crippen LogP contribution in [0, 0.1) is 5.92 Å². The molecular weight excluding hydrogens is 176 g/mol. The molecule has 74 valence electrons. The first-order chi connectivity index (χ1) is 6.04. The molecule has 0 fully saturated rings. The molecule has 0 radical (unpaired) electrons. The van der Waals surface area contributed by atoms with Crippen molar-refractivity contribution in [1.29, 1.82) is 0 Å². The number of hydrogen-bond acceptors (Lipinski definition) is 4. The van der Waals surface area contributed by atoms with Crippen LogP contribution in [0.5, 0.6) is 0 Å². The van der Waals surface area contributed by atoms with Gasteiger partial charge in [0, 0.05) is 0 Å². The summed E-state index contributed by atoms with van der Waals surface area (Å²) in [6.07, 6.45) is 0.0903. The Morgan fingerprint density at radius 3 is 2.15 bits per heavy atom. The van der Waals surface area contributed by atoms with Crippen LogP contribution in [0.1, 0.15) is 20.3 Å². The summed E-state index contributed by atoms with van der Waals surface area (Å²) in [6.45, 7) is 3.14. The van der Waals surface area contributed by atoms with Gasteiger partial charge in [0.1, 0.15) is 5.92 Å². The lowest BCUT2D eigenvalue weighted by atomic mass is 10.0. The number of esters is 1. The molecule has 5 heteroatoms. The van der Waals surface area contributed by atoms with Crippen LogP contribution < -0.4 is 0 Å². The quantitative estimate of drug-likeness (QED) is 0.379. The minimum absolute atomic E-state index is 0.0701. The predicted molar refractivity (Wildman–Crippen MR) is 43.1 cm³/mol. The lowest BCUT2D eigenvalue weighted by molar-refractivity contribution is -0.160. The van der Waals surface area contributed by atoms with Gasteiger partial charge in [-0.15, -0.1) is 0 Å². The predicted octanol–water partition coefficient (Wildman–Crippen LogP) is 0.229. The third kappa shape index (κ3) is 3.23. The number of ketones is 1. The summed E-state index contributed by atoms with van der Waals surface area (Å²) in [4.78, 5) is 32.3. The van der Waals surface area contributed by atoms with Crippen molar-refractivity contribution in [3.8, 4) is 0 Å². The number of rotatable bonds is 5. The molecule has 5 nitrogen and oxygen atoms in total. The Morgan fingerprint density at radius 2 is 1.85 bits per heavy atom. The van der Waals surface area contributed by atoms with Gasteiger partial charge in [0.25, 0.3) is 5.78 Å². The molecule has 0 heterocycles. The highest BCUT2D eigenvalue weighted by Crippen LogP contribution is 2.05. The summed E-state index contributed by atoms with van der Waals surface area (Å²) in [7, 11) is 0. The highest BCUT2D eigenvalue weighted by Gasteiger charge is 2.30. The largest absolute Gasteiger partial charge is 0.481 e. The Bertz CT molecular complexity index is 221. The zero-order chi connectivity index (χ0) is 10.4. The minimum atomic E-state index is -1.29. The van der Waals surface area contributed by atoms with Crippen LogP contribution in [-0.2, 0) is 19.1 Å². The van der Waals surface area contributed by atoms with Crippen LogP contribution in [0.3, 0.4) is 0 Å². The summed E-state index contributed by atoms with van der Waals surface area (Å²) in [5, 5.41) is 8.53. The second kappa shape index (κ2) is 5.29. The van der Waals surface area contributed by atoms with E-state index in [-0.39, 0.29) is 13.0 Å². The van der Waals surface area contributed by atoms with Crippen LogP contribution in [0.2, 0.25) is 0 Å². The third-order valence-electron chi connectivity index (χ3n) is 1.50. The zero-order valence-corrected chi connectivity index (χ0v) is 7.57. The zero-order valence-electron chi connectivity index (χ0n) is 7.57. The molecule has 0 amide bonds. The van der Waals surface area contributed by atoms with Crippen LogP contribution in [-0.4, -0.2) is 29.4 Å².